The molecular weight excluding hydrogens is 188 g/mol. The summed E-state index contributed by atoms with van der Waals surface area (Å²) in [7, 11) is 1.39. The van der Waals surface area contributed by atoms with Crippen molar-refractivity contribution in [2.24, 2.45) is 0 Å². The fourth-order valence-electron chi connectivity index (χ4n) is 1.18. The fraction of sp³-hybridized carbons (Fsp3) is 0.625. The predicted molar refractivity (Wildman–Crippen MR) is 46.3 cm³/mol. The summed E-state index contributed by atoms with van der Waals surface area (Å²) in [5.74, 6) is -0.695. The van der Waals surface area contributed by atoms with Crippen molar-refractivity contribution in [1.29, 1.82) is 0 Å². The number of likely N-dealkylation sites (tertiary alicyclic amines) is 1. The topological polar surface area (TPSA) is 75.7 Å². The van der Waals surface area contributed by atoms with E-state index in [2.05, 4.69) is 10.1 Å². The molecular formula is C8H12N2O4. The Morgan fingerprint density at radius 1 is 1.64 bits per heavy atom. The van der Waals surface area contributed by atoms with E-state index in [0.29, 0.717) is 0 Å². The highest BCUT2D eigenvalue weighted by molar-refractivity contribution is 6.06. The van der Waals surface area contributed by atoms with E-state index in [1.54, 1.807) is 6.92 Å². The van der Waals surface area contributed by atoms with E-state index in [-0.39, 0.29) is 18.9 Å². The van der Waals surface area contributed by atoms with E-state index < -0.39 is 18.0 Å². The highest BCUT2D eigenvalue weighted by Gasteiger charge is 2.37. The third-order valence-corrected chi connectivity index (χ3v) is 1.95. The minimum atomic E-state index is -0.772. The fourth-order valence-corrected chi connectivity index (χ4v) is 1.18. The van der Waals surface area contributed by atoms with Crippen LogP contribution in [0.25, 0.3) is 0 Å². The van der Waals surface area contributed by atoms with Gasteiger partial charge in [0.05, 0.1) is 13.0 Å². The number of rotatable bonds is 2. The van der Waals surface area contributed by atoms with Crippen LogP contribution in [0.2, 0.25) is 0 Å². The number of hydrogen-bond acceptors (Lipinski definition) is 4. The molecule has 78 valence electrons. The molecule has 1 aliphatic heterocycles. The predicted octanol–water partition coefficient (Wildman–Crippen LogP) is -0.510. The van der Waals surface area contributed by atoms with E-state index >= 15 is 0 Å². The van der Waals surface area contributed by atoms with Gasteiger partial charge in [0.25, 0.3) is 5.91 Å². The first-order valence-corrected chi connectivity index (χ1v) is 4.30. The van der Waals surface area contributed by atoms with Crippen molar-refractivity contribution in [3.8, 4) is 0 Å². The molecule has 0 aromatic heterocycles. The molecule has 14 heavy (non-hydrogen) atoms. The smallest absolute Gasteiger partial charge is 0.407 e. The van der Waals surface area contributed by atoms with Crippen molar-refractivity contribution in [1.82, 2.24) is 10.2 Å². The lowest BCUT2D eigenvalue weighted by Gasteiger charge is -2.10. The molecule has 1 saturated heterocycles. The van der Waals surface area contributed by atoms with Crippen LogP contribution in [0, 0.1) is 0 Å². The summed E-state index contributed by atoms with van der Waals surface area (Å²) >= 11 is 0. The van der Waals surface area contributed by atoms with Crippen LogP contribution >= 0.6 is 0 Å². The molecule has 1 aliphatic rings. The Morgan fingerprint density at radius 2 is 2.29 bits per heavy atom. The molecule has 1 atom stereocenters. The first-order chi connectivity index (χ1) is 6.56. The van der Waals surface area contributed by atoms with Crippen LogP contribution in [0.4, 0.5) is 4.79 Å². The number of likely N-dealkylation sites (N-methyl/N-ethyl adjacent to an activating group) is 1. The van der Waals surface area contributed by atoms with Gasteiger partial charge in [-0.15, -0.1) is 0 Å². The molecule has 1 fully saturated rings. The number of alkyl carbamates (subject to hydrolysis) is 1. The van der Waals surface area contributed by atoms with Crippen molar-refractivity contribution in [2.45, 2.75) is 19.4 Å². The highest BCUT2D eigenvalue weighted by atomic mass is 16.5. The molecule has 1 heterocycles. The summed E-state index contributed by atoms with van der Waals surface area (Å²) in [6, 6.07) is -0.772. The first-order valence-electron chi connectivity index (χ1n) is 4.30. The molecule has 0 aromatic carbocycles. The molecule has 0 spiro atoms. The zero-order chi connectivity index (χ0) is 10.7. The second kappa shape index (κ2) is 4.08. The van der Waals surface area contributed by atoms with E-state index in [4.69, 9.17) is 0 Å². The number of imide groups is 1. The van der Waals surface area contributed by atoms with Gasteiger partial charge < -0.3 is 10.1 Å². The molecule has 0 bridgehead atoms. The molecule has 1 rings (SSSR count). The molecule has 0 saturated carbocycles. The van der Waals surface area contributed by atoms with Crippen LogP contribution in [0.1, 0.15) is 13.3 Å². The van der Waals surface area contributed by atoms with Crippen LogP contribution in [-0.2, 0) is 14.3 Å². The summed E-state index contributed by atoms with van der Waals surface area (Å²) in [5.41, 5.74) is 0. The highest BCUT2D eigenvalue weighted by Crippen LogP contribution is 2.10. The maximum atomic E-state index is 11.3. The Hall–Kier alpha value is -1.59. The average Bonchev–Trinajstić information content (AvgIpc) is 2.34. The molecule has 0 radical (unpaired) electrons. The van der Waals surface area contributed by atoms with Crippen molar-refractivity contribution in [3.05, 3.63) is 0 Å². The van der Waals surface area contributed by atoms with Gasteiger partial charge in [-0.25, -0.2) is 4.79 Å². The maximum absolute atomic E-state index is 11.3. The maximum Gasteiger partial charge on any atom is 0.407 e. The number of carbonyl (C=O) groups excluding carboxylic acids is 3. The van der Waals surface area contributed by atoms with Gasteiger partial charge in [0.1, 0.15) is 6.04 Å². The van der Waals surface area contributed by atoms with Gasteiger partial charge in [-0.05, 0) is 6.92 Å². The van der Waals surface area contributed by atoms with Crippen molar-refractivity contribution < 1.29 is 19.1 Å². The van der Waals surface area contributed by atoms with Gasteiger partial charge in [0.15, 0.2) is 0 Å². The molecule has 6 heteroatoms. The van der Waals surface area contributed by atoms with Gasteiger partial charge in [-0.3, -0.25) is 14.5 Å². The lowest BCUT2D eigenvalue weighted by molar-refractivity contribution is -0.137. The van der Waals surface area contributed by atoms with Gasteiger partial charge in [0, 0.05) is 7.05 Å². The summed E-state index contributed by atoms with van der Waals surface area (Å²) in [6.45, 7) is 1.89. The minimum absolute atomic E-state index is 0.00808. The van der Waals surface area contributed by atoms with Gasteiger partial charge in [-0.2, -0.15) is 0 Å². The number of ether oxygens (including phenoxy) is 1. The lowest BCUT2D eigenvalue weighted by atomic mass is 10.2. The molecule has 0 aliphatic carbocycles. The van der Waals surface area contributed by atoms with E-state index in [0.717, 1.165) is 4.90 Å². The van der Waals surface area contributed by atoms with Gasteiger partial charge >= 0.3 is 6.09 Å². The second-order valence-corrected chi connectivity index (χ2v) is 2.91. The zero-order valence-corrected chi connectivity index (χ0v) is 8.07. The Balaban J connectivity index is 2.51. The van der Waals surface area contributed by atoms with Crippen LogP contribution in [-0.4, -0.2) is 42.5 Å². The molecule has 0 aromatic rings. The Morgan fingerprint density at radius 3 is 2.71 bits per heavy atom. The number of nitrogens with one attached hydrogen (secondary N) is 1. The van der Waals surface area contributed by atoms with E-state index in [1.165, 1.54) is 7.05 Å². The molecule has 6 nitrogen and oxygen atoms in total. The number of nitrogens with zero attached hydrogens (tertiary/aromatic N) is 1. The molecule has 1 N–H and O–H groups in total. The van der Waals surface area contributed by atoms with Crippen molar-refractivity contribution in [3.63, 3.8) is 0 Å². The second-order valence-electron chi connectivity index (χ2n) is 2.91. The van der Waals surface area contributed by atoms with Gasteiger partial charge in [0.2, 0.25) is 5.91 Å². The normalized spacial score (nSPS) is 21.3. The van der Waals surface area contributed by atoms with Gasteiger partial charge in [-0.1, -0.05) is 0 Å². The van der Waals surface area contributed by atoms with Crippen LogP contribution in [0.15, 0.2) is 0 Å². The zero-order valence-electron chi connectivity index (χ0n) is 8.07. The lowest BCUT2D eigenvalue weighted by Crippen LogP contribution is -2.40. The van der Waals surface area contributed by atoms with Crippen LogP contribution < -0.4 is 5.32 Å². The van der Waals surface area contributed by atoms with Crippen LogP contribution in [0.3, 0.4) is 0 Å². The first kappa shape index (κ1) is 10.5. The number of amides is 3. The monoisotopic (exact) mass is 200 g/mol. The van der Waals surface area contributed by atoms with Crippen LogP contribution in [0.5, 0.6) is 0 Å². The van der Waals surface area contributed by atoms with Crippen molar-refractivity contribution >= 4 is 17.9 Å². The van der Waals surface area contributed by atoms with E-state index in [9.17, 15) is 14.4 Å². The van der Waals surface area contributed by atoms with Crippen molar-refractivity contribution in [2.75, 3.05) is 13.7 Å². The largest absolute Gasteiger partial charge is 0.450 e. The van der Waals surface area contributed by atoms with E-state index in [1.807, 2.05) is 0 Å². The molecule has 3 amide bonds. The Labute approximate surface area is 81.2 Å². The standard InChI is InChI=1S/C8H12N2O4/c1-3-14-8(13)9-5-4-6(11)10(2)7(5)12/h5H,3-4H2,1-2H3,(H,9,13)/t5-/m0/s1. The average molecular weight is 200 g/mol. The quantitative estimate of drug-likeness (QED) is 0.609. The third-order valence-electron chi connectivity index (χ3n) is 1.95. The summed E-state index contributed by atoms with van der Waals surface area (Å²) in [4.78, 5) is 34.3. The summed E-state index contributed by atoms with van der Waals surface area (Å²) < 4.78 is 4.59. The summed E-state index contributed by atoms with van der Waals surface area (Å²) in [6.07, 6.45) is -0.664. The summed E-state index contributed by atoms with van der Waals surface area (Å²) in [5, 5.41) is 2.32. The SMILES string of the molecule is CCOC(=O)N[C@H]1CC(=O)N(C)C1=O. The Kier molecular flexibility index (Phi) is 3.06. The number of hydrogen-bond donors (Lipinski definition) is 1. The minimum Gasteiger partial charge on any atom is -0.450 e. The Bertz CT molecular complexity index is 277. The molecule has 0 unspecified atom stereocenters. The third kappa shape index (κ3) is 2.01. The number of carbonyl (C=O) groups is 3.